The lowest BCUT2D eigenvalue weighted by Crippen LogP contribution is -2.09. The molecular formula is C24H18Cl2N4O2S. The third kappa shape index (κ3) is 3.72. The number of hydrogen-bond acceptors (Lipinski definition) is 5. The van der Waals surface area contributed by atoms with Gasteiger partial charge in [-0.2, -0.15) is 0 Å². The van der Waals surface area contributed by atoms with Crippen molar-refractivity contribution in [2.75, 3.05) is 5.73 Å². The summed E-state index contributed by atoms with van der Waals surface area (Å²) < 4.78 is 29.2. The van der Waals surface area contributed by atoms with Gasteiger partial charge >= 0.3 is 0 Å². The van der Waals surface area contributed by atoms with Gasteiger partial charge in [0.05, 0.1) is 27.5 Å². The van der Waals surface area contributed by atoms with Crippen LogP contribution in [0.25, 0.3) is 22.2 Å². The average Bonchev–Trinajstić information content (AvgIpc) is 3.06. The van der Waals surface area contributed by atoms with E-state index >= 15 is 0 Å². The normalized spacial score (nSPS) is 12.0. The largest absolute Gasteiger partial charge is 0.384 e. The van der Waals surface area contributed by atoms with Gasteiger partial charge in [0, 0.05) is 5.02 Å². The number of halogens is 2. The Bertz CT molecular complexity index is 1650. The molecule has 0 radical (unpaired) electrons. The van der Waals surface area contributed by atoms with E-state index in [1.807, 2.05) is 49.4 Å². The zero-order valence-electron chi connectivity index (χ0n) is 17.5. The molecule has 6 nitrogen and oxygen atoms in total. The first-order chi connectivity index (χ1) is 15.8. The van der Waals surface area contributed by atoms with Crippen LogP contribution in [0.1, 0.15) is 11.1 Å². The molecule has 5 aromatic rings. The van der Waals surface area contributed by atoms with Crippen molar-refractivity contribution in [3.63, 3.8) is 0 Å². The fourth-order valence-corrected chi connectivity index (χ4v) is 6.05. The van der Waals surface area contributed by atoms with E-state index in [0.29, 0.717) is 23.2 Å². The number of nitrogens with zero attached hydrogens (tertiary/aromatic N) is 3. The molecule has 0 aliphatic heterocycles. The maximum atomic E-state index is 13.8. The predicted octanol–water partition coefficient (Wildman–Crippen LogP) is 5.66. The molecule has 0 aliphatic rings. The highest BCUT2D eigenvalue weighted by molar-refractivity contribution is 7.92. The minimum atomic E-state index is -4.16. The van der Waals surface area contributed by atoms with Crippen LogP contribution in [0, 0.1) is 6.92 Å². The van der Waals surface area contributed by atoms with E-state index in [9.17, 15) is 8.42 Å². The van der Waals surface area contributed by atoms with Crippen molar-refractivity contribution in [1.82, 2.24) is 14.5 Å². The van der Waals surface area contributed by atoms with E-state index in [-0.39, 0.29) is 31.2 Å². The van der Waals surface area contributed by atoms with Crippen LogP contribution < -0.4 is 5.73 Å². The van der Waals surface area contributed by atoms with Crippen molar-refractivity contribution in [2.24, 2.45) is 0 Å². The lowest BCUT2D eigenvalue weighted by molar-refractivity contribution is 0.597. The van der Waals surface area contributed by atoms with Crippen LogP contribution in [0.15, 0.2) is 76.5 Å². The Balaban J connectivity index is 1.83. The molecule has 2 aromatic heterocycles. The number of sulfone groups is 1. The summed E-state index contributed by atoms with van der Waals surface area (Å²) in [5.74, 6) is 0.0388. The first-order valence-corrected chi connectivity index (χ1v) is 12.3. The molecule has 0 bridgehead atoms. The highest BCUT2D eigenvalue weighted by Gasteiger charge is 2.32. The number of fused-ring (bicyclic) bond motifs is 2. The first-order valence-electron chi connectivity index (χ1n) is 10.1. The van der Waals surface area contributed by atoms with Crippen molar-refractivity contribution in [3.8, 4) is 0 Å². The van der Waals surface area contributed by atoms with E-state index in [1.54, 1.807) is 10.6 Å². The molecule has 5 rings (SSSR count). The number of nitrogen functional groups attached to an aromatic ring is 1. The molecule has 0 amide bonds. The van der Waals surface area contributed by atoms with Gasteiger partial charge < -0.3 is 10.3 Å². The Morgan fingerprint density at radius 3 is 2.30 bits per heavy atom. The first kappa shape index (κ1) is 21.7. The van der Waals surface area contributed by atoms with Crippen molar-refractivity contribution >= 4 is 61.1 Å². The van der Waals surface area contributed by atoms with Gasteiger partial charge in [0.1, 0.15) is 16.2 Å². The zero-order chi connectivity index (χ0) is 23.3. The summed E-state index contributed by atoms with van der Waals surface area (Å²) in [4.78, 5) is 9.09. The standard InChI is InChI=1S/C24H18Cl2N4O2S/c1-14-6-8-15(9-7-14)13-30-23(27)22(33(31,32)20-12-16(25)10-11-17(20)26)21-24(30)29-19-5-3-2-4-18(19)28-21/h2-12H,13,27H2,1H3. The summed E-state index contributed by atoms with van der Waals surface area (Å²) >= 11 is 12.3. The van der Waals surface area contributed by atoms with Crippen LogP contribution in [-0.2, 0) is 16.4 Å². The zero-order valence-corrected chi connectivity index (χ0v) is 19.8. The summed E-state index contributed by atoms with van der Waals surface area (Å²) in [6, 6.07) is 19.5. The molecule has 2 heterocycles. The molecule has 0 atom stereocenters. The van der Waals surface area contributed by atoms with Crippen LogP contribution in [0.5, 0.6) is 0 Å². The fraction of sp³-hybridized carbons (Fsp3) is 0.0833. The molecular weight excluding hydrogens is 479 g/mol. The molecule has 0 saturated heterocycles. The minimum Gasteiger partial charge on any atom is -0.384 e. The number of benzene rings is 3. The summed E-state index contributed by atoms with van der Waals surface area (Å²) in [5, 5.41) is 0.295. The second kappa shape index (κ2) is 8.02. The van der Waals surface area contributed by atoms with E-state index in [2.05, 4.69) is 4.98 Å². The highest BCUT2D eigenvalue weighted by Crippen LogP contribution is 2.38. The summed E-state index contributed by atoms with van der Waals surface area (Å²) in [7, 11) is -4.16. The average molecular weight is 497 g/mol. The molecule has 0 aliphatic carbocycles. The number of nitrogens with two attached hydrogens (primary N) is 1. The molecule has 33 heavy (non-hydrogen) atoms. The van der Waals surface area contributed by atoms with Gasteiger partial charge in [0.25, 0.3) is 0 Å². The fourth-order valence-electron chi connectivity index (χ4n) is 3.78. The number of aryl methyl sites for hydroxylation is 1. The minimum absolute atomic E-state index is 0.0388. The van der Waals surface area contributed by atoms with Gasteiger partial charge in [-0.3, -0.25) is 0 Å². The van der Waals surface area contributed by atoms with Gasteiger partial charge in [0.2, 0.25) is 9.84 Å². The van der Waals surface area contributed by atoms with Crippen LogP contribution >= 0.6 is 23.2 Å². The molecule has 0 spiro atoms. The van der Waals surface area contributed by atoms with Gasteiger partial charge in [-0.05, 0) is 42.8 Å². The Morgan fingerprint density at radius 2 is 1.61 bits per heavy atom. The maximum Gasteiger partial charge on any atom is 0.213 e. The smallest absolute Gasteiger partial charge is 0.213 e. The van der Waals surface area contributed by atoms with Crippen molar-refractivity contribution < 1.29 is 8.42 Å². The second-order valence-electron chi connectivity index (χ2n) is 7.75. The van der Waals surface area contributed by atoms with Gasteiger partial charge in [0.15, 0.2) is 5.65 Å². The number of hydrogen-bond donors (Lipinski definition) is 1. The lowest BCUT2D eigenvalue weighted by atomic mass is 10.1. The lowest BCUT2D eigenvalue weighted by Gasteiger charge is -2.09. The van der Waals surface area contributed by atoms with Crippen molar-refractivity contribution in [3.05, 3.63) is 87.9 Å². The molecule has 166 valence electrons. The highest BCUT2D eigenvalue weighted by atomic mass is 35.5. The van der Waals surface area contributed by atoms with E-state index < -0.39 is 9.84 Å². The monoisotopic (exact) mass is 496 g/mol. The van der Waals surface area contributed by atoms with Crippen LogP contribution in [0.3, 0.4) is 0 Å². The Hall–Kier alpha value is -3.13. The maximum absolute atomic E-state index is 13.8. The summed E-state index contributed by atoms with van der Waals surface area (Å²) in [5.41, 5.74) is 10.3. The molecule has 0 fully saturated rings. The quantitative estimate of drug-likeness (QED) is 0.346. The van der Waals surface area contributed by atoms with Gasteiger partial charge in [-0.25, -0.2) is 18.4 Å². The summed E-state index contributed by atoms with van der Waals surface area (Å²) in [6.45, 7) is 2.33. The third-order valence-electron chi connectivity index (χ3n) is 5.46. The number of para-hydroxylation sites is 2. The topological polar surface area (TPSA) is 90.9 Å². The summed E-state index contributed by atoms with van der Waals surface area (Å²) in [6.07, 6.45) is 0. The Morgan fingerprint density at radius 1 is 0.939 bits per heavy atom. The van der Waals surface area contributed by atoms with Crippen molar-refractivity contribution in [2.45, 2.75) is 23.3 Å². The van der Waals surface area contributed by atoms with Crippen LogP contribution in [-0.4, -0.2) is 23.0 Å². The third-order valence-corrected chi connectivity index (χ3v) is 7.99. The van der Waals surface area contributed by atoms with Crippen molar-refractivity contribution in [1.29, 1.82) is 0 Å². The van der Waals surface area contributed by atoms with Crippen LogP contribution in [0.2, 0.25) is 10.0 Å². The number of anilines is 1. The Labute approximate surface area is 200 Å². The molecule has 0 unspecified atom stereocenters. The number of rotatable bonds is 4. The van der Waals surface area contributed by atoms with Gasteiger partial charge in [-0.1, -0.05) is 65.2 Å². The van der Waals surface area contributed by atoms with E-state index in [4.69, 9.17) is 33.9 Å². The van der Waals surface area contributed by atoms with E-state index in [0.717, 1.165) is 11.1 Å². The Kier molecular flexibility index (Phi) is 5.28. The predicted molar refractivity (Wildman–Crippen MR) is 132 cm³/mol. The molecule has 2 N–H and O–H groups in total. The van der Waals surface area contributed by atoms with E-state index in [1.165, 1.54) is 18.2 Å². The number of aromatic nitrogens is 3. The SMILES string of the molecule is Cc1ccc(Cn2c(N)c(S(=O)(=O)c3cc(Cl)ccc3Cl)c3nc4ccccc4nc32)cc1. The second-order valence-corrected chi connectivity index (χ2v) is 10.4. The molecule has 3 aromatic carbocycles. The molecule has 0 saturated carbocycles. The van der Waals surface area contributed by atoms with Crippen LogP contribution in [0.4, 0.5) is 5.82 Å². The molecule has 9 heteroatoms. The van der Waals surface area contributed by atoms with Gasteiger partial charge in [-0.15, -0.1) is 0 Å².